The normalized spacial score (nSPS) is 14.4. The fourth-order valence-corrected chi connectivity index (χ4v) is 2.79. The van der Waals surface area contributed by atoms with Crippen LogP contribution in [0.3, 0.4) is 0 Å². The van der Waals surface area contributed by atoms with Crippen LogP contribution in [0.25, 0.3) is 0 Å². The van der Waals surface area contributed by atoms with E-state index in [1.54, 1.807) is 7.11 Å². The van der Waals surface area contributed by atoms with Gasteiger partial charge in [-0.1, -0.05) is 18.5 Å². The van der Waals surface area contributed by atoms with Crippen molar-refractivity contribution < 1.29 is 4.74 Å². The SMILES string of the molecule is COc1c(C)cc(Cl)c(C)c1CC(C)CC(C)N. The van der Waals surface area contributed by atoms with E-state index in [2.05, 4.69) is 13.8 Å². The molecule has 0 aliphatic rings. The number of hydrogen-bond donors (Lipinski definition) is 1. The third-order valence-corrected chi connectivity index (χ3v) is 3.71. The van der Waals surface area contributed by atoms with Gasteiger partial charge in [0.15, 0.2) is 0 Å². The van der Waals surface area contributed by atoms with Crippen LogP contribution in [-0.2, 0) is 6.42 Å². The van der Waals surface area contributed by atoms with E-state index in [0.29, 0.717) is 5.92 Å². The molecule has 2 nitrogen and oxygen atoms in total. The van der Waals surface area contributed by atoms with E-state index < -0.39 is 0 Å². The van der Waals surface area contributed by atoms with Crippen LogP contribution < -0.4 is 10.5 Å². The molecule has 0 saturated carbocycles. The first-order valence-electron chi connectivity index (χ1n) is 6.45. The minimum Gasteiger partial charge on any atom is -0.496 e. The van der Waals surface area contributed by atoms with Crippen LogP contribution in [0.2, 0.25) is 5.02 Å². The van der Waals surface area contributed by atoms with Gasteiger partial charge in [0.05, 0.1) is 7.11 Å². The Morgan fingerprint density at radius 3 is 2.44 bits per heavy atom. The molecular formula is C15H24ClNO. The second kappa shape index (κ2) is 6.44. The molecule has 0 radical (unpaired) electrons. The minimum absolute atomic E-state index is 0.228. The van der Waals surface area contributed by atoms with Crippen molar-refractivity contribution >= 4 is 11.6 Å². The number of ether oxygens (including phenoxy) is 1. The largest absolute Gasteiger partial charge is 0.496 e. The van der Waals surface area contributed by atoms with Crippen molar-refractivity contribution in [1.29, 1.82) is 0 Å². The number of halogens is 1. The van der Waals surface area contributed by atoms with Crippen molar-refractivity contribution in [2.24, 2.45) is 11.7 Å². The van der Waals surface area contributed by atoms with E-state index in [-0.39, 0.29) is 6.04 Å². The summed E-state index contributed by atoms with van der Waals surface area (Å²) in [6, 6.07) is 2.20. The van der Waals surface area contributed by atoms with Gasteiger partial charge >= 0.3 is 0 Å². The molecule has 0 amide bonds. The summed E-state index contributed by atoms with van der Waals surface area (Å²) in [5, 5.41) is 0.816. The molecule has 0 saturated heterocycles. The van der Waals surface area contributed by atoms with E-state index in [4.69, 9.17) is 22.1 Å². The molecule has 18 heavy (non-hydrogen) atoms. The summed E-state index contributed by atoms with van der Waals surface area (Å²) in [5.74, 6) is 1.49. The lowest BCUT2D eigenvalue weighted by molar-refractivity contribution is 0.397. The average Bonchev–Trinajstić information content (AvgIpc) is 2.24. The molecule has 0 aliphatic carbocycles. The molecule has 102 valence electrons. The summed E-state index contributed by atoms with van der Waals surface area (Å²) in [4.78, 5) is 0. The van der Waals surface area contributed by atoms with Gasteiger partial charge in [-0.3, -0.25) is 0 Å². The van der Waals surface area contributed by atoms with Gasteiger partial charge in [-0.25, -0.2) is 0 Å². The number of nitrogens with two attached hydrogens (primary N) is 1. The van der Waals surface area contributed by atoms with Gasteiger partial charge in [0, 0.05) is 11.1 Å². The number of benzene rings is 1. The lowest BCUT2D eigenvalue weighted by Gasteiger charge is -2.20. The Balaban J connectivity index is 3.06. The van der Waals surface area contributed by atoms with E-state index in [1.807, 2.05) is 19.9 Å². The molecule has 0 aromatic heterocycles. The van der Waals surface area contributed by atoms with Gasteiger partial charge in [0.1, 0.15) is 5.75 Å². The van der Waals surface area contributed by atoms with Crippen LogP contribution >= 0.6 is 11.6 Å². The third kappa shape index (κ3) is 3.63. The lowest BCUT2D eigenvalue weighted by atomic mass is 9.91. The van der Waals surface area contributed by atoms with Gasteiger partial charge < -0.3 is 10.5 Å². The van der Waals surface area contributed by atoms with Gasteiger partial charge in [-0.2, -0.15) is 0 Å². The van der Waals surface area contributed by atoms with Gasteiger partial charge in [-0.05, 0) is 62.3 Å². The molecule has 1 rings (SSSR count). The Kier molecular flexibility index (Phi) is 5.48. The van der Waals surface area contributed by atoms with Crippen LogP contribution in [0.4, 0.5) is 0 Å². The maximum atomic E-state index is 6.26. The zero-order chi connectivity index (χ0) is 13.9. The molecule has 2 atom stereocenters. The average molecular weight is 270 g/mol. The summed E-state index contributed by atoms with van der Waals surface area (Å²) >= 11 is 6.26. The van der Waals surface area contributed by atoms with Crippen molar-refractivity contribution in [3.63, 3.8) is 0 Å². The highest BCUT2D eigenvalue weighted by Gasteiger charge is 2.16. The van der Waals surface area contributed by atoms with Gasteiger partial charge in [0.2, 0.25) is 0 Å². The quantitative estimate of drug-likeness (QED) is 0.880. The second-order valence-corrected chi connectivity index (χ2v) is 5.74. The van der Waals surface area contributed by atoms with Crippen LogP contribution in [0.1, 0.15) is 37.0 Å². The molecule has 0 bridgehead atoms. The first-order chi connectivity index (χ1) is 8.36. The lowest BCUT2D eigenvalue weighted by Crippen LogP contribution is -2.19. The first kappa shape index (κ1) is 15.3. The summed E-state index contributed by atoms with van der Waals surface area (Å²) in [6.45, 7) is 8.35. The zero-order valence-electron chi connectivity index (χ0n) is 12.0. The maximum absolute atomic E-state index is 6.26. The minimum atomic E-state index is 0.228. The zero-order valence-corrected chi connectivity index (χ0v) is 12.8. The molecule has 0 heterocycles. The van der Waals surface area contributed by atoms with Crippen molar-refractivity contribution in [2.45, 2.75) is 46.6 Å². The molecule has 1 aromatic carbocycles. The monoisotopic (exact) mass is 269 g/mol. The molecule has 2 N–H and O–H groups in total. The number of hydrogen-bond acceptors (Lipinski definition) is 2. The molecule has 0 fully saturated rings. The number of rotatable bonds is 5. The Morgan fingerprint density at radius 2 is 1.94 bits per heavy atom. The summed E-state index contributed by atoms with van der Waals surface area (Å²) in [6.07, 6.45) is 1.96. The molecule has 0 spiro atoms. The van der Waals surface area contributed by atoms with E-state index in [1.165, 1.54) is 5.56 Å². The highest BCUT2D eigenvalue weighted by Crippen LogP contribution is 2.34. The van der Waals surface area contributed by atoms with Gasteiger partial charge in [-0.15, -0.1) is 0 Å². The van der Waals surface area contributed by atoms with Crippen molar-refractivity contribution in [3.8, 4) is 5.75 Å². The highest BCUT2D eigenvalue weighted by atomic mass is 35.5. The molecule has 2 unspecified atom stereocenters. The van der Waals surface area contributed by atoms with Crippen LogP contribution in [0.15, 0.2) is 6.07 Å². The topological polar surface area (TPSA) is 35.2 Å². The summed E-state index contributed by atoms with van der Waals surface area (Å²) in [7, 11) is 1.72. The molecular weight excluding hydrogens is 246 g/mol. The summed E-state index contributed by atoms with van der Waals surface area (Å²) < 4.78 is 5.53. The van der Waals surface area contributed by atoms with E-state index in [9.17, 15) is 0 Å². The third-order valence-electron chi connectivity index (χ3n) is 3.32. The van der Waals surface area contributed by atoms with E-state index >= 15 is 0 Å². The predicted molar refractivity (Wildman–Crippen MR) is 78.6 cm³/mol. The Hall–Kier alpha value is -0.730. The van der Waals surface area contributed by atoms with Crippen molar-refractivity contribution in [3.05, 3.63) is 27.8 Å². The predicted octanol–water partition coefficient (Wildman–Crippen LogP) is 3.88. The molecule has 0 aliphatic heterocycles. The standard InChI is InChI=1S/C15H24ClNO/c1-9(6-11(3)17)7-13-12(4)14(16)8-10(2)15(13)18-5/h8-9,11H,6-7,17H2,1-5H3. The van der Waals surface area contributed by atoms with Crippen LogP contribution in [0, 0.1) is 19.8 Å². The number of methoxy groups -OCH3 is 1. The van der Waals surface area contributed by atoms with Crippen LogP contribution in [0.5, 0.6) is 5.75 Å². The smallest absolute Gasteiger partial charge is 0.125 e. The fourth-order valence-electron chi connectivity index (χ4n) is 2.51. The molecule has 3 heteroatoms. The summed E-state index contributed by atoms with van der Waals surface area (Å²) in [5.41, 5.74) is 9.29. The van der Waals surface area contributed by atoms with Gasteiger partial charge in [0.25, 0.3) is 0 Å². The Morgan fingerprint density at radius 1 is 1.33 bits per heavy atom. The second-order valence-electron chi connectivity index (χ2n) is 5.33. The highest BCUT2D eigenvalue weighted by molar-refractivity contribution is 6.31. The maximum Gasteiger partial charge on any atom is 0.125 e. The fraction of sp³-hybridized carbons (Fsp3) is 0.600. The Bertz CT molecular complexity index is 415. The molecule has 1 aromatic rings. The first-order valence-corrected chi connectivity index (χ1v) is 6.82. The number of aryl methyl sites for hydroxylation is 1. The van der Waals surface area contributed by atoms with E-state index in [0.717, 1.165) is 34.7 Å². The van der Waals surface area contributed by atoms with Crippen LogP contribution in [-0.4, -0.2) is 13.2 Å². The van der Waals surface area contributed by atoms with Crippen molar-refractivity contribution in [1.82, 2.24) is 0 Å². The Labute approximate surface area is 115 Å². The van der Waals surface area contributed by atoms with Crippen molar-refractivity contribution in [2.75, 3.05) is 7.11 Å².